The van der Waals surface area contributed by atoms with Crippen LogP contribution in [0.3, 0.4) is 0 Å². The van der Waals surface area contributed by atoms with E-state index in [0.717, 1.165) is 5.56 Å². The molecular formula is C31H27N3O4. The molecule has 0 spiro atoms. The molecule has 3 aliphatic rings. The second-order valence-electron chi connectivity index (χ2n) is 10.4. The highest BCUT2D eigenvalue weighted by atomic mass is 16.5. The second-order valence-corrected chi connectivity index (χ2v) is 10.4. The van der Waals surface area contributed by atoms with Gasteiger partial charge in [0.05, 0.1) is 53.0 Å². The first-order chi connectivity index (χ1) is 18.5. The Bertz CT molecular complexity index is 1510. The van der Waals surface area contributed by atoms with Gasteiger partial charge in [-0.25, -0.2) is 4.90 Å². The fraction of sp³-hybridized carbons (Fsp3) is 0.355. The molecule has 38 heavy (non-hydrogen) atoms. The van der Waals surface area contributed by atoms with Gasteiger partial charge in [-0.1, -0.05) is 54.6 Å². The van der Waals surface area contributed by atoms with Gasteiger partial charge in [-0.3, -0.25) is 9.59 Å². The van der Waals surface area contributed by atoms with E-state index in [1.807, 2.05) is 54.6 Å². The van der Waals surface area contributed by atoms with Crippen LogP contribution < -0.4 is 4.90 Å². The summed E-state index contributed by atoms with van der Waals surface area (Å²) in [5.41, 5.74) is 0.416. The van der Waals surface area contributed by atoms with Gasteiger partial charge in [0.2, 0.25) is 11.8 Å². The number of ether oxygens (including phenoxy) is 2. The molecule has 0 N–H and O–H groups in total. The minimum Gasteiger partial charge on any atom is -0.377 e. The van der Waals surface area contributed by atoms with Gasteiger partial charge < -0.3 is 9.47 Å². The van der Waals surface area contributed by atoms with E-state index in [0.29, 0.717) is 60.9 Å². The first kappa shape index (κ1) is 24.3. The van der Waals surface area contributed by atoms with Crippen LogP contribution in [0.1, 0.15) is 43.2 Å². The van der Waals surface area contributed by atoms with Crippen LogP contribution in [0, 0.1) is 34.5 Å². The van der Waals surface area contributed by atoms with Gasteiger partial charge in [0.15, 0.2) is 0 Å². The standard InChI is InChI=1S/C31H27N3O4/c32-17-6-13-30-14-15-31(38-30,16-18-37-20-21-7-2-1-3-8-21)27-26(30)28(35)34(29(27)36)25-12-11-22(19-33)23-9-4-5-10-24(23)25/h1-5,7-12,26-27H,6,13-16,18,20H2/t26?,27?,30-,31?/m1/s1. The number of fused-ring (bicyclic) bond motifs is 6. The van der Waals surface area contributed by atoms with Gasteiger partial charge in [-0.15, -0.1) is 0 Å². The Kier molecular flexibility index (Phi) is 5.99. The highest BCUT2D eigenvalue weighted by molar-refractivity contribution is 6.26. The van der Waals surface area contributed by atoms with Crippen LogP contribution in [0.2, 0.25) is 0 Å². The van der Waals surface area contributed by atoms with Gasteiger partial charge in [0, 0.05) is 30.2 Å². The zero-order valence-corrected chi connectivity index (χ0v) is 20.9. The molecule has 7 nitrogen and oxygen atoms in total. The molecule has 7 heteroatoms. The average Bonchev–Trinajstić information content (AvgIpc) is 3.56. The number of nitrogens with zero attached hydrogens (tertiary/aromatic N) is 3. The minimum atomic E-state index is -0.830. The Labute approximate surface area is 221 Å². The first-order valence-corrected chi connectivity index (χ1v) is 13.0. The lowest BCUT2D eigenvalue weighted by molar-refractivity contribution is -0.133. The molecule has 0 radical (unpaired) electrons. The van der Waals surface area contributed by atoms with Crippen molar-refractivity contribution in [2.24, 2.45) is 11.8 Å². The van der Waals surface area contributed by atoms with Crippen LogP contribution in [0.15, 0.2) is 66.7 Å². The summed E-state index contributed by atoms with van der Waals surface area (Å²) in [6.07, 6.45) is 2.45. The third-order valence-electron chi connectivity index (χ3n) is 8.52. The maximum atomic E-state index is 14.1. The number of imide groups is 1. The van der Waals surface area contributed by atoms with Gasteiger partial charge >= 0.3 is 0 Å². The van der Waals surface area contributed by atoms with E-state index in [9.17, 15) is 20.1 Å². The number of anilines is 1. The van der Waals surface area contributed by atoms with Crippen molar-refractivity contribution in [3.8, 4) is 12.1 Å². The molecule has 4 atom stereocenters. The first-order valence-electron chi connectivity index (χ1n) is 13.0. The Hall–Kier alpha value is -4.04. The number of carbonyl (C=O) groups excluding carboxylic acids is 2. The fourth-order valence-corrected chi connectivity index (χ4v) is 6.85. The van der Waals surface area contributed by atoms with Crippen LogP contribution in [0.5, 0.6) is 0 Å². The van der Waals surface area contributed by atoms with Crippen LogP contribution in [-0.4, -0.2) is 29.6 Å². The lowest BCUT2D eigenvalue weighted by Gasteiger charge is -2.31. The molecular weight excluding hydrogens is 478 g/mol. The highest BCUT2D eigenvalue weighted by Gasteiger charge is 2.75. The normalized spacial score (nSPS) is 27.5. The molecule has 3 heterocycles. The maximum Gasteiger partial charge on any atom is 0.240 e. The van der Waals surface area contributed by atoms with Crippen molar-refractivity contribution < 1.29 is 19.1 Å². The maximum absolute atomic E-state index is 14.1. The predicted molar refractivity (Wildman–Crippen MR) is 139 cm³/mol. The lowest BCUT2D eigenvalue weighted by Crippen LogP contribution is -2.43. The molecule has 6 rings (SSSR count). The molecule has 0 aromatic heterocycles. The molecule has 3 saturated heterocycles. The fourth-order valence-electron chi connectivity index (χ4n) is 6.85. The highest BCUT2D eigenvalue weighted by Crippen LogP contribution is 2.64. The quantitative estimate of drug-likeness (QED) is 0.314. The SMILES string of the molecule is N#CCC[C@]12CCC(CCOCc3ccccc3)(O1)C1C(=O)N(c3ccc(C#N)c4ccccc34)C(=O)C12. The number of hydrogen-bond acceptors (Lipinski definition) is 6. The van der Waals surface area contributed by atoms with Crippen LogP contribution in [0.25, 0.3) is 10.8 Å². The monoisotopic (exact) mass is 505 g/mol. The van der Waals surface area contributed by atoms with E-state index in [-0.39, 0.29) is 18.2 Å². The van der Waals surface area contributed by atoms with Crippen molar-refractivity contribution in [3.05, 3.63) is 77.9 Å². The van der Waals surface area contributed by atoms with E-state index < -0.39 is 23.0 Å². The summed E-state index contributed by atoms with van der Waals surface area (Å²) in [5.74, 6) is -1.81. The largest absolute Gasteiger partial charge is 0.377 e. The van der Waals surface area contributed by atoms with Crippen molar-refractivity contribution in [3.63, 3.8) is 0 Å². The van der Waals surface area contributed by atoms with Crippen molar-refractivity contribution in [1.82, 2.24) is 0 Å². The molecule has 2 bridgehead atoms. The van der Waals surface area contributed by atoms with Crippen molar-refractivity contribution in [1.29, 1.82) is 10.5 Å². The Morgan fingerprint density at radius 1 is 0.868 bits per heavy atom. The summed E-state index contributed by atoms with van der Waals surface area (Å²) in [5, 5.41) is 20.3. The van der Waals surface area contributed by atoms with E-state index in [2.05, 4.69) is 12.1 Å². The van der Waals surface area contributed by atoms with Gasteiger partial charge in [0.1, 0.15) is 0 Å². The molecule has 3 aromatic rings. The molecule has 2 amide bonds. The van der Waals surface area contributed by atoms with Gasteiger partial charge in [0.25, 0.3) is 0 Å². The smallest absolute Gasteiger partial charge is 0.240 e. The molecule has 0 aliphatic carbocycles. The zero-order chi connectivity index (χ0) is 26.3. The van der Waals surface area contributed by atoms with Crippen molar-refractivity contribution in [2.75, 3.05) is 11.5 Å². The summed E-state index contributed by atoms with van der Waals surface area (Å²) in [6, 6.07) is 25.0. The Morgan fingerprint density at radius 2 is 1.53 bits per heavy atom. The molecule has 3 aliphatic heterocycles. The van der Waals surface area contributed by atoms with Crippen LogP contribution >= 0.6 is 0 Å². The van der Waals surface area contributed by atoms with E-state index in [1.54, 1.807) is 12.1 Å². The molecule has 0 saturated carbocycles. The zero-order valence-electron chi connectivity index (χ0n) is 20.9. The van der Waals surface area contributed by atoms with Gasteiger partial charge in [-0.2, -0.15) is 10.5 Å². The Balaban J connectivity index is 1.33. The van der Waals surface area contributed by atoms with Gasteiger partial charge in [-0.05, 0) is 37.0 Å². The number of rotatable bonds is 8. The summed E-state index contributed by atoms with van der Waals surface area (Å²) >= 11 is 0. The molecule has 3 unspecified atom stereocenters. The number of carbonyl (C=O) groups is 2. The summed E-state index contributed by atoms with van der Waals surface area (Å²) in [7, 11) is 0. The van der Waals surface area contributed by atoms with Crippen molar-refractivity contribution >= 4 is 28.3 Å². The van der Waals surface area contributed by atoms with Crippen LogP contribution in [-0.2, 0) is 25.7 Å². The summed E-state index contributed by atoms with van der Waals surface area (Å²) in [4.78, 5) is 29.5. The average molecular weight is 506 g/mol. The third kappa shape index (κ3) is 3.62. The Morgan fingerprint density at radius 3 is 2.21 bits per heavy atom. The molecule has 3 fully saturated rings. The van der Waals surface area contributed by atoms with E-state index in [4.69, 9.17) is 9.47 Å². The lowest BCUT2D eigenvalue weighted by atomic mass is 9.65. The minimum absolute atomic E-state index is 0.255. The van der Waals surface area contributed by atoms with E-state index >= 15 is 0 Å². The molecule has 190 valence electrons. The summed E-state index contributed by atoms with van der Waals surface area (Å²) in [6.45, 7) is 0.856. The third-order valence-corrected chi connectivity index (χ3v) is 8.52. The predicted octanol–water partition coefficient (Wildman–Crippen LogP) is 5.03. The number of nitriles is 2. The van der Waals surface area contributed by atoms with E-state index in [1.165, 1.54) is 4.90 Å². The number of benzene rings is 3. The topological polar surface area (TPSA) is 103 Å². The van der Waals surface area contributed by atoms with Crippen molar-refractivity contribution in [2.45, 2.75) is 49.9 Å². The number of hydrogen-bond donors (Lipinski definition) is 0. The summed E-state index contributed by atoms with van der Waals surface area (Å²) < 4.78 is 12.6. The second kappa shape index (κ2) is 9.36. The van der Waals surface area contributed by atoms with Crippen LogP contribution in [0.4, 0.5) is 5.69 Å². The number of amides is 2. The molecule has 3 aromatic carbocycles.